The van der Waals surface area contributed by atoms with E-state index < -0.39 is 17.5 Å². The molecule has 166 valence electrons. The summed E-state index contributed by atoms with van der Waals surface area (Å²) in [4.78, 5) is 28.3. The summed E-state index contributed by atoms with van der Waals surface area (Å²) in [5.74, 6) is -2.86. The van der Waals surface area contributed by atoms with Crippen molar-refractivity contribution in [2.24, 2.45) is 0 Å². The van der Waals surface area contributed by atoms with E-state index in [1.54, 1.807) is 12.1 Å². The number of carbonyl (C=O) groups is 2. The maximum absolute atomic E-state index is 13.6. The highest BCUT2D eigenvalue weighted by Gasteiger charge is 2.17. The van der Waals surface area contributed by atoms with Crippen LogP contribution in [0.1, 0.15) is 16.8 Å². The number of benzene rings is 2. The summed E-state index contributed by atoms with van der Waals surface area (Å²) < 4.78 is 39.5. The maximum atomic E-state index is 13.6. The number of rotatable bonds is 8. The molecule has 1 aliphatic heterocycles. The first-order valence-electron chi connectivity index (χ1n) is 10.2. The van der Waals surface area contributed by atoms with Crippen LogP contribution in [0.2, 0.25) is 0 Å². The van der Waals surface area contributed by atoms with Gasteiger partial charge >= 0.3 is 0 Å². The van der Waals surface area contributed by atoms with Gasteiger partial charge in [-0.1, -0.05) is 0 Å². The molecule has 0 aliphatic carbocycles. The van der Waals surface area contributed by atoms with Crippen LogP contribution in [0.3, 0.4) is 0 Å². The Labute approximate surface area is 179 Å². The average Bonchev–Trinajstić information content (AvgIpc) is 2.75. The van der Waals surface area contributed by atoms with E-state index >= 15 is 0 Å². The molecule has 0 bridgehead atoms. The molecule has 2 aromatic carbocycles. The van der Waals surface area contributed by atoms with Gasteiger partial charge in [-0.3, -0.25) is 14.5 Å². The van der Waals surface area contributed by atoms with Crippen LogP contribution in [0.25, 0.3) is 0 Å². The number of hydrogen-bond acceptors (Lipinski definition) is 4. The lowest BCUT2D eigenvalue weighted by molar-refractivity contribution is -0.121. The molecular formula is C22H25F3N4O2. The van der Waals surface area contributed by atoms with E-state index in [1.807, 2.05) is 0 Å². The Kier molecular flexibility index (Phi) is 7.88. The number of nitrogens with zero attached hydrogens (tertiary/aromatic N) is 2. The van der Waals surface area contributed by atoms with Crippen molar-refractivity contribution >= 4 is 17.5 Å². The van der Waals surface area contributed by atoms with Crippen LogP contribution in [-0.4, -0.2) is 62.5 Å². The van der Waals surface area contributed by atoms with E-state index in [4.69, 9.17) is 0 Å². The van der Waals surface area contributed by atoms with Gasteiger partial charge in [0.05, 0.1) is 5.56 Å². The van der Waals surface area contributed by atoms with Crippen molar-refractivity contribution in [3.05, 3.63) is 65.5 Å². The third-order valence-electron chi connectivity index (χ3n) is 5.13. The average molecular weight is 434 g/mol. The highest BCUT2D eigenvalue weighted by molar-refractivity contribution is 5.94. The Balaban J connectivity index is 1.29. The van der Waals surface area contributed by atoms with E-state index in [1.165, 1.54) is 12.1 Å². The smallest absolute Gasteiger partial charge is 0.254 e. The fourth-order valence-electron chi connectivity index (χ4n) is 3.38. The zero-order chi connectivity index (χ0) is 22.2. The molecule has 0 spiro atoms. The van der Waals surface area contributed by atoms with Crippen LogP contribution in [0.15, 0.2) is 42.5 Å². The van der Waals surface area contributed by atoms with Gasteiger partial charge in [0.25, 0.3) is 5.91 Å². The minimum atomic E-state index is -0.943. The monoisotopic (exact) mass is 434 g/mol. The van der Waals surface area contributed by atoms with Crippen molar-refractivity contribution in [3.8, 4) is 0 Å². The van der Waals surface area contributed by atoms with Gasteiger partial charge in [-0.25, -0.2) is 13.2 Å². The van der Waals surface area contributed by atoms with Crippen molar-refractivity contribution in [2.45, 2.75) is 6.42 Å². The fraction of sp³-hybridized carbons (Fsp3) is 0.364. The summed E-state index contributed by atoms with van der Waals surface area (Å²) in [5, 5.41) is 5.25. The molecule has 0 radical (unpaired) electrons. The summed E-state index contributed by atoms with van der Waals surface area (Å²) >= 11 is 0. The van der Waals surface area contributed by atoms with Crippen molar-refractivity contribution < 1.29 is 22.8 Å². The van der Waals surface area contributed by atoms with Gasteiger partial charge < -0.3 is 15.5 Å². The summed E-state index contributed by atoms with van der Waals surface area (Å²) in [6.45, 7) is 4.57. The lowest BCUT2D eigenvalue weighted by atomic mass is 10.2. The molecule has 0 atom stereocenters. The van der Waals surface area contributed by atoms with Crippen LogP contribution >= 0.6 is 0 Å². The second kappa shape index (κ2) is 10.8. The third kappa shape index (κ3) is 6.71. The minimum Gasteiger partial charge on any atom is -0.369 e. The van der Waals surface area contributed by atoms with E-state index in [0.29, 0.717) is 19.2 Å². The SMILES string of the molecule is O=C(CCNC(=O)c1ccc(F)cc1F)NCCN1CCN(c2ccc(F)cc2)CC1. The number of nitrogens with one attached hydrogen (secondary N) is 2. The van der Waals surface area contributed by atoms with E-state index in [2.05, 4.69) is 20.4 Å². The first kappa shape index (κ1) is 22.6. The number of carbonyl (C=O) groups excluding carboxylic acids is 2. The van der Waals surface area contributed by atoms with Gasteiger partial charge in [-0.15, -0.1) is 0 Å². The summed E-state index contributed by atoms with van der Waals surface area (Å²) in [6, 6.07) is 9.16. The molecule has 2 amide bonds. The number of piperazine rings is 1. The molecule has 2 N–H and O–H groups in total. The number of anilines is 1. The van der Waals surface area contributed by atoms with E-state index in [-0.39, 0.29) is 30.3 Å². The van der Waals surface area contributed by atoms with Gasteiger partial charge in [0.2, 0.25) is 5.91 Å². The predicted octanol–water partition coefficient (Wildman–Crippen LogP) is 2.16. The van der Waals surface area contributed by atoms with Gasteiger partial charge in [0, 0.05) is 64.0 Å². The zero-order valence-electron chi connectivity index (χ0n) is 17.0. The second-order valence-corrected chi connectivity index (χ2v) is 7.29. The summed E-state index contributed by atoms with van der Waals surface area (Å²) in [5.41, 5.74) is 0.735. The largest absolute Gasteiger partial charge is 0.369 e. The van der Waals surface area contributed by atoms with Crippen LogP contribution in [0, 0.1) is 17.5 Å². The predicted molar refractivity (Wildman–Crippen MR) is 111 cm³/mol. The minimum absolute atomic E-state index is 0.0534. The van der Waals surface area contributed by atoms with Crippen LogP contribution in [0.5, 0.6) is 0 Å². The quantitative estimate of drug-likeness (QED) is 0.669. The molecule has 0 unspecified atom stereocenters. The third-order valence-corrected chi connectivity index (χ3v) is 5.13. The highest BCUT2D eigenvalue weighted by Crippen LogP contribution is 2.16. The molecule has 0 saturated carbocycles. The molecular weight excluding hydrogens is 409 g/mol. The second-order valence-electron chi connectivity index (χ2n) is 7.29. The van der Waals surface area contributed by atoms with Crippen LogP contribution in [0.4, 0.5) is 18.9 Å². The van der Waals surface area contributed by atoms with Crippen molar-refractivity contribution in [3.63, 3.8) is 0 Å². The van der Waals surface area contributed by atoms with Crippen LogP contribution < -0.4 is 15.5 Å². The van der Waals surface area contributed by atoms with Crippen molar-refractivity contribution in [2.75, 3.05) is 50.7 Å². The lowest BCUT2D eigenvalue weighted by Gasteiger charge is -2.36. The number of halogens is 3. The summed E-state index contributed by atoms with van der Waals surface area (Å²) in [6.07, 6.45) is 0.0624. The molecule has 31 heavy (non-hydrogen) atoms. The Hall–Kier alpha value is -3.07. The number of amides is 2. The molecule has 1 heterocycles. The molecule has 6 nitrogen and oxygen atoms in total. The first-order valence-corrected chi connectivity index (χ1v) is 10.2. The Morgan fingerprint density at radius 1 is 0.839 bits per heavy atom. The number of hydrogen-bond donors (Lipinski definition) is 2. The van der Waals surface area contributed by atoms with Crippen LogP contribution in [-0.2, 0) is 4.79 Å². The Bertz CT molecular complexity index is 900. The molecule has 1 aliphatic rings. The first-order chi connectivity index (χ1) is 14.9. The molecule has 3 rings (SSSR count). The van der Waals surface area contributed by atoms with Gasteiger partial charge in [-0.05, 0) is 36.4 Å². The maximum Gasteiger partial charge on any atom is 0.254 e. The Morgan fingerprint density at radius 2 is 1.52 bits per heavy atom. The topological polar surface area (TPSA) is 64.7 Å². The lowest BCUT2D eigenvalue weighted by Crippen LogP contribution is -2.48. The molecule has 1 fully saturated rings. The normalized spacial score (nSPS) is 14.4. The Morgan fingerprint density at radius 3 is 2.19 bits per heavy atom. The van der Waals surface area contributed by atoms with E-state index in [9.17, 15) is 22.8 Å². The molecule has 2 aromatic rings. The fourth-order valence-corrected chi connectivity index (χ4v) is 3.38. The van der Waals surface area contributed by atoms with Gasteiger partial charge in [0.15, 0.2) is 0 Å². The summed E-state index contributed by atoms with van der Waals surface area (Å²) in [7, 11) is 0. The van der Waals surface area contributed by atoms with Crippen molar-refractivity contribution in [1.29, 1.82) is 0 Å². The van der Waals surface area contributed by atoms with Crippen molar-refractivity contribution in [1.82, 2.24) is 15.5 Å². The zero-order valence-corrected chi connectivity index (χ0v) is 17.0. The highest BCUT2D eigenvalue weighted by atomic mass is 19.1. The van der Waals surface area contributed by atoms with Gasteiger partial charge in [-0.2, -0.15) is 0 Å². The van der Waals surface area contributed by atoms with E-state index in [0.717, 1.165) is 44.0 Å². The van der Waals surface area contributed by atoms with Gasteiger partial charge in [0.1, 0.15) is 17.5 Å². The molecule has 0 aromatic heterocycles. The molecule has 1 saturated heterocycles. The standard InChI is InChI=1S/C22H25F3N4O2/c23-16-1-4-18(5-2-16)29-13-11-28(12-14-29)10-9-26-21(30)7-8-27-22(31)19-6-3-17(24)15-20(19)25/h1-6,15H,7-14H2,(H,26,30)(H,27,31). The molecule has 9 heteroatoms.